The molecule has 2 heterocycles. The first-order valence-corrected chi connectivity index (χ1v) is 9.25. The van der Waals surface area contributed by atoms with Crippen LogP contribution in [0.1, 0.15) is 11.4 Å². The summed E-state index contributed by atoms with van der Waals surface area (Å²) in [6.45, 7) is 5.79. The van der Waals surface area contributed by atoms with Gasteiger partial charge in [-0.15, -0.1) is 0 Å². The number of likely N-dealkylation sites (N-methyl/N-ethyl adjacent to an activating group) is 1. The second-order valence-corrected chi connectivity index (χ2v) is 7.97. The van der Waals surface area contributed by atoms with Crippen molar-refractivity contribution in [1.29, 1.82) is 0 Å². The van der Waals surface area contributed by atoms with Gasteiger partial charge in [0.2, 0.25) is 10.0 Å². The Morgan fingerprint density at radius 2 is 1.62 bits per heavy atom. The van der Waals surface area contributed by atoms with Gasteiger partial charge in [0, 0.05) is 26.2 Å². The summed E-state index contributed by atoms with van der Waals surface area (Å²) in [5.41, 5.74) is 1.63. The van der Waals surface area contributed by atoms with E-state index in [1.54, 1.807) is 30.7 Å². The summed E-state index contributed by atoms with van der Waals surface area (Å²) in [4.78, 5) is 2.35. The first kappa shape index (κ1) is 17.1. The Morgan fingerprint density at radius 3 is 2.21 bits per heavy atom. The molecule has 0 saturated carbocycles. The highest BCUT2D eigenvalue weighted by Crippen LogP contribution is 2.26. The van der Waals surface area contributed by atoms with Gasteiger partial charge in [0.05, 0.1) is 17.1 Å². The van der Waals surface area contributed by atoms with Crippen molar-refractivity contribution in [1.82, 2.24) is 19.0 Å². The molecule has 24 heavy (non-hydrogen) atoms. The Morgan fingerprint density at radius 1 is 1.04 bits per heavy atom. The number of hydrogen-bond acceptors (Lipinski definition) is 4. The van der Waals surface area contributed by atoms with Gasteiger partial charge in [-0.25, -0.2) is 17.5 Å². The molecule has 0 atom stereocenters. The number of nitrogens with zero attached hydrogens (tertiary/aromatic N) is 4. The van der Waals surface area contributed by atoms with E-state index < -0.39 is 10.0 Å². The minimum Gasteiger partial charge on any atom is -0.304 e. The zero-order valence-electron chi connectivity index (χ0n) is 14.0. The topological polar surface area (TPSA) is 58.4 Å². The lowest BCUT2D eigenvalue weighted by atomic mass is 10.3. The highest BCUT2D eigenvalue weighted by molar-refractivity contribution is 7.89. The normalized spacial score (nSPS) is 17.3. The summed E-state index contributed by atoms with van der Waals surface area (Å²) < 4.78 is 42.2. The fraction of sp³-hybridized carbons (Fsp3) is 0.438. The van der Waals surface area contributed by atoms with Crippen LogP contribution in [0.15, 0.2) is 29.2 Å². The molecular formula is C16H21FN4O2S. The molecule has 0 radical (unpaired) electrons. The largest absolute Gasteiger partial charge is 0.304 e. The summed E-state index contributed by atoms with van der Waals surface area (Å²) in [6, 6.07) is 5.84. The van der Waals surface area contributed by atoms with Crippen molar-refractivity contribution in [2.24, 2.45) is 0 Å². The van der Waals surface area contributed by atoms with Crippen molar-refractivity contribution in [2.45, 2.75) is 18.7 Å². The van der Waals surface area contributed by atoms with Gasteiger partial charge >= 0.3 is 0 Å². The Hall–Kier alpha value is -1.77. The Bertz CT molecular complexity index is 838. The average Bonchev–Trinajstić information content (AvgIpc) is 2.84. The Balaban J connectivity index is 2.01. The highest BCUT2D eigenvalue weighted by atomic mass is 32.2. The number of rotatable bonds is 3. The third kappa shape index (κ3) is 2.97. The van der Waals surface area contributed by atoms with Gasteiger partial charge < -0.3 is 4.90 Å². The summed E-state index contributed by atoms with van der Waals surface area (Å²) in [7, 11) is -1.61. The molecule has 0 N–H and O–H groups in total. The number of sulfonamides is 1. The lowest BCUT2D eigenvalue weighted by molar-refractivity contribution is 0.222. The molecule has 0 spiro atoms. The molecule has 0 bridgehead atoms. The predicted molar refractivity (Wildman–Crippen MR) is 89.3 cm³/mol. The zero-order chi connectivity index (χ0) is 17.5. The number of benzene rings is 1. The van der Waals surface area contributed by atoms with E-state index in [1.807, 2.05) is 7.05 Å². The maximum atomic E-state index is 13.1. The summed E-state index contributed by atoms with van der Waals surface area (Å²) >= 11 is 0. The molecular weight excluding hydrogens is 331 g/mol. The lowest BCUT2D eigenvalue weighted by Gasteiger charge is -2.31. The van der Waals surface area contributed by atoms with Crippen LogP contribution < -0.4 is 0 Å². The molecule has 1 aromatic carbocycles. The minimum atomic E-state index is -3.59. The second kappa shape index (κ2) is 6.27. The standard InChI is InChI=1S/C16H21FN4O2S/c1-12-16(24(22,23)20-10-8-19(3)9-11-20)13(2)21(18-12)15-6-4-14(17)5-7-15/h4-7H,8-11H2,1-3H3. The van der Waals surface area contributed by atoms with Crippen LogP contribution in [0, 0.1) is 19.7 Å². The van der Waals surface area contributed by atoms with E-state index in [4.69, 9.17) is 0 Å². The van der Waals surface area contributed by atoms with E-state index in [1.165, 1.54) is 16.4 Å². The van der Waals surface area contributed by atoms with Crippen LogP contribution in [0.3, 0.4) is 0 Å². The van der Waals surface area contributed by atoms with E-state index in [-0.39, 0.29) is 10.7 Å². The van der Waals surface area contributed by atoms with Crippen LogP contribution in [0.4, 0.5) is 4.39 Å². The number of halogens is 1. The molecule has 0 amide bonds. The molecule has 6 nitrogen and oxygen atoms in total. The predicted octanol–water partition coefficient (Wildman–Crippen LogP) is 1.56. The van der Waals surface area contributed by atoms with Crippen molar-refractivity contribution in [2.75, 3.05) is 33.2 Å². The Labute approximate surface area is 141 Å². The number of piperazine rings is 1. The summed E-state index contributed by atoms with van der Waals surface area (Å²) in [5, 5.41) is 4.36. The smallest absolute Gasteiger partial charge is 0.246 e. The molecule has 1 aliphatic rings. The molecule has 0 unspecified atom stereocenters. The second-order valence-electron chi connectivity index (χ2n) is 6.10. The first-order chi connectivity index (χ1) is 11.3. The van der Waals surface area contributed by atoms with E-state index in [9.17, 15) is 12.8 Å². The number of aromatic nitrogens is 2. The van der Waals surface area contributed by atoms with E-state index in [0.29, 0.717) is 43.3 Å². The molecule has 0 aliphatic carbocycles. The third-order valence-corrected chi connectivity index (χ3v) is 6.51. The molecule has 1 aliphatic heterocycles. The van der Waals surface area contributed by atoms with Gasteiger partial charge in [0.25, 0.3) is 0 Å². The fourth-order valence-electron chi connectivity index (χ4n) is 2.99. The van der Waals surface area contributed by atoms with Gasteiger partial charge in [0.15, 0.2) is 0 Å². The third-order valence-electron chi connectivity index (χ3n) is 4.36. The SMILES string of the molecule is Cc1nn(-c2ccc(F)cc2)c(C)c1S(=O)(=O)N1CCN(C)CC1. The fourth-order valence-corrected chi connectivity index (χ4v) is 4.77. The van der Waals surface area contributed by atoms with Crippen molar-refractivity contribution in [3.05, 3.63) is 41.5 Å². The van der Waals surface area contributed by atoms with Crippen LogP contribution in [-0.2, 0) is 10.0 Å². The van der Waals surface area contributed by atoms with Crippen LogP contribution in [0.25, 0.3) is 5.69 Å². The van der Waals surface area contributed by atoms with Gasteiger partial charge in [-0.05, 0) is 45.2 Å². The van der Waals surface area contributed by atoms with Crippen molar-refractivity contribution in [3.63, 3.8) is 0 Å². The molecule has 1 saturated heterocycles. The minimum absolute atomic E-state index is 0.247. The first-order valence-electron chi connectivity index (χ1n) is 7.81. The number of aryl methyl sites for hydroxylation is 1. The van der Waals surface area contributed by atoms with Crippen LogP contribution >= 0.6 is 0 Å². The lowest BCUT2D eigenvalue weighted by Crippen LogP contribution is -2.47. The molecule has 1 fully saturated rings. The quantitative estimate of drug-likeness (QED) is 0.841. The van der Waals surface area contributed by atoms with Crippen molar-refractivity contribution in [3.8, 4) is 5.69 Å². The van der Waals surface area contributed by atoms with Crippen molar-refractivity contribution < 1.29 is 12.8 Å². The highest BCUT2D eigenvalue weighted by Gasteiger charge is 2.32. The average molecular weight is 352 g/mol. The van der Waals surface area contributed by atoms with E-state index in [0.717, 1.165) is 0 Å². The summed E-state index contributed by atoms with van der Waals surface area (Å²) in [5.74, 6) is -0.342. The summed E-state index contributed by atoms with van der Waals surface area (Å²) in [6.07, 6.45) is 0. The molecule has 3 rings (SSSR count). The van der Waals surface area contributed by atoms with Gasteiger partial charge in [-0.2, -0.15) is 9.40 Å². The molecule has 2 aromatic rings. The van der Waals surface area contributed by atoms with Gasteiger partial charge in [-0.1, -0.05) is 0 Å². The monoisotopic (exact) mass is 352 g/mol. The van der Waals surface area contributed by atoms with Gasteiger partial charge in [0.1, 0.15) is 10.7 Å². The maximum Gasteiger partial charge on any atom is 0.246 e. The van der Waals surface area contributed by atoms with E-state index >= 15 is 0 Å². The molecule has 8 heteroatoms. The van der Waals surface area contributed by atoms with Crippen LogP contribution in [0.5, 0.6) is 0 Å². The molecule has 130 valence electrons. The van der Waals surface area contributed by atoms with Crippen molar-refractivity contribution >= 4 is 10.0 Å². The zero-order valence-corrected chi connectivity index (χ0v) is 14.8. The van der Waals surface area contributed by atoms with E-state index in [2.05, 4.69) is 10.00 Å². The number of hydrogen-bond donors (Lipinski definition) is 0. The Kier molecular flexibility index (Phi) is 4.46. The van der Waals surface area contributed by atoms with Crippen LogP contribution in [0.2, 0.25) is 0 Å². The maximum absolute atomic E-state index is 13.1. The molecule has 1 aromatic heterocycles. The van der Waals surface area contributed by atoms with Gasteiger partial charge in [-0.3, -0.25) is 0 Å². The van der Waals surface area contributed by atoms with Crippen LogP contribution in [-0.4, -0.2) is 60.6 Å².